The van der Waals surface area contributed by atoms with E-state index in [9.17, 15) is 0 Å². The zero-order valence-electron chi connectivity index (χ0n) is 11.4. The van der Waals surface area contributed by atoms with Crippen molar-refractivity contribution in [1.82, 2.24) is 9.97 Å². The van der Waals surface area contributed by atoms with Crippen LogP contribution >= 0.6 is 11.6 Å². The van der Waals surface area contributed by atoms with Crippen molar-refractivity contribution >= 4 is 17.4 Å². The van der Waals surface area contributed by atoms with Crippen molar-refractivity contribution in [1.29, 1.82) is 0 Å². The summed E-state index contributed by atoms with van der Waals surface area (Å²) in [6.45, 7) is 5.86. The van der Waals surface area contributed by atoms with Crippen molar-refractivity contribution in [2.45, 2.75) is 45.1 Å². The van der Waals surface area contributed by atoms with Crippen molar-refractivity contribution in [3.05, 3.63) is 16.5 Å². The number of nitrogens with zero attached hydrogens (tertiary/aromatic N) is 2. The molecule has 0 aromatic carbocycles. The Morgan fingerprint density at radius 3 is 2.74 bits per heavy atom. The van der Waals surface area contributed by atoms with Crippen molar-refractivity contribution in [2.75, 3.05) is 18.5 Å². The van der Waals surface area contributed by atoms with Gasteiger partial charge in [0.15, 0.2) is 0 Å². The molecule has 1 saturated heterocycles. The summed E-state index contributed by atoms with van der Waals surface area (Å²) >= 11 is 6.20. The van der Waals surface area contributed by atoms with Crippen LogP contribution in [0.25, 0.3) is 0 Å². The highest BCUT2D eigenvalue weighted by Crippen LogP contribution is 2.39. The van der Waals surface area contributed by atoms with Gasteiger partial charge >= 0.3 is 0 Å². The summed E-state index contributed by atoms with van der Waals surface area (Å²) in [5.74, 6) is 2.86. The van der Waals surface area contributed by atoms with Crippen LogP contribution in [-0.4, -0.2) is 29.2 Å². The maximum absolute atomic E-state index is 6.20. The SMILES string of the molecule is Cc1c(Cl)nc(C2CC2)nc1NCC1CCOC1C. The molecule has 0 bridgehead atoms. The highest BCUT2D eigenvalue weighted by Gasteiger charge is 2.28. The largest absolute Gasteiger partial charge is 0.378 e. The van der Waals surface area contributed by atoms with E-state index in [4.69, 9.17) is 16.3 Å². The first-order valence-electron chi connectivity index (χ1n) is 7.04. The lowest BCUT2D eigenvalue weighted by molar-refractivity contribution is 0.108. The topological polar surface area (TPSA) is 47.0 Å². The Morgan fingerprint density at radius 1 is 1.32 bits per heavy atom. The maximum atomic E-state index is 6.20. The Kier molecular flexibility index (Phi) is 3.63. The number of hydrogen-bond acceptors (Lipinski definition) is 4. The van der Waals surface area contributed by atoms with Gasteiger partial charge in [0.25, 0.3) is 0 Å². The summed E-state index contributed by atoms with van der Waals surface area (Å²) in [4.78, 5) is 9.01. The van der Waals surface area contributed by atoms with Gasteiger partial charge in [0.1, 0.15) is 16.8 Å². The van der Waals surface area contributed by atoms with Crippen molar-refractivity contribution in [3.8, 4) is 0 Å². The third kappa shape index (κ3) is 2.84. The molecule has 104 valence electrons. The van der Waals surface area contributed by atoms with Crippen LogP contribution in [0.2, 0.25) is 5.15 Å². The van der Waals surface area contributed by atoms with Gasteiger partial charge in [-0.15, -0.1) is 0 Å². The minimum Gasteiger partial charge on any atom is -0.378 e. The molecule has 2 aliphatic rings. The lowest BCUT2D eigenvalue weighted by atomic mass is 10.0. The molecule has 2 unspecified atom stereocenters. The first-order valence-corrected chi connectivity index (χ1v) is 7.42. The average molecular weight is 282 g/mol. The molecule has 3 rings (SSSR count). The Hall–Kier alpha value is -0.870. The van der Waals surface area contributed by atoms with E-state index in [1.54, 1.807) is 0 Å². The predicted octanol–water partition coefficient (Wildman–Crippen LogP) is 3.15. The summed E-state index contributed by atoms with van der Waals surface area (Å²) in [5, 5.41) is 4.01. The second-order valence-corrected chi connectivity index (χ2v) is 5.98. The first kappa shape index (κ1) is 13.1. The van der Waals surface area contributed by atoms with Crippen molar-refractivity contribution in [2.24, 2.45) is 5.92 Å². The maximum Gasteiger partial charge on any atom is 0.137 e. The van der Waals surface area contributed by atoms with E-state index >= 15 is 0 Å². The van der Waals surface area contributed by atoms with E-state index in [0.29, 0.717) is 23.1 Å². The summed E-state index contributed by atoms with van der Waals surface area (Å²) in [5.41, 5.74) is 0.942. The number of ether oxygens (including phenoxy) is 1. The third-order valence-electron chi connectivity index (χ3n) is 4.11. The molecule has 1 N–H and O–H groups in total. The van der Waals surface area contributed by atoms with Gasteiger partial charge in [0.05, 0.1) is 6.10 Å². The fraction of sp³-hybridized carbons (Fsp3) is 0.714. The molecule has 2 atom stereocenters. The minimum absolute atomic E-state index is 0.327. The molecule has 1 aliphatic carbocycles. The van der Waals surface area contributed by atoms with Gasteiger partial charge in [-0.05, 0) is 33.1 Å². The van der Waals surface area contributed by atoms with Crippen LogP contribution in [0.5, 0.6) is 0 Å². The van der Waals surface area contributed by atoms with Crippen LogP contribution < -0.4 is 5.32 Å². The van der Waals surface area contributed by atoms with Gasteiger partial charge in [0.2, 0.25) is 0 Å². The van der Waals surface area contributed by atoms with Gasteiger partial charge in [-0.3, -0.25) is 0 Å². The van der Waals surface area contributed by atoms with Crippen molar-refractivity contribution < 1.29 is 4.74 Å². The molecule has 0 amide bonds. The fourth-order valence-corrected chi connectivity index (χ4v) is 2.65. The lowest BCUT2D eigenvalue weighted by Crippen LogP contribution is -2.21. The van der Waals surface area contributed by atoms with Crippen LogP contribution in [-0.2, 0) is 4.74 Å². The number of halogens is 1. The van der Waals surface area contributed by atoms with Crippen LogP contribution in [0.1, 0.15) is 43.5 Å². The van der Waals surface area contributed by atoms with E-state index in [1.807, 2.05) is 6.92 Å². The highest BCUT2D eigenvalue weighted by molar-refractivity contribution is 6.30. The molecule has 1 aromatic rings. The molecule has 1 saturated carbocycles. The van der Waals surface area contributed by atoms with E-state index in [-0.39, 0.29) is 0 Å². The van der Waals surface area contributed by atoms with Crippen LogP contribution in [0.4, 0.5) is 5.82 Å². The van der Waals surface area contributed by atoms with Gasteiger partial charge in [-0.25, -0.2) is 9.97 Å². The fourth-order valence-electron chi connectivity index (χ4n) is 2.47. The molecule has 0 spiro atoms. The highest BCUT2D eigenvalue weighted by atomic mass is 35.5. The molecular weight excluding hydrogens is 262 g/mol. The zero-order chi connectivity index (χ0) is 13.4. The Balaban J connectivity index is 1.72. The Morgan fingerprint density at radius 2 is 2.11 bits per heavy atom. The number of nitrogens with one attached hydrogen (secondary N) is 1. The zero-order valence-corrected chi connectivity index (χ0v) is 12.2. The van der Waals surface area contributed by atoms with E-state index in [1.165, 1.54) is 12.8 Å². The number of aromatic nitrogens is 2. The standard InChI is InChI=1S/C14H20ClN3O/c1-8-12(15)17-14(10-3-4-10)18-13(8)16-7-11-5-6-19-9(11)2/h9-11H,3-7H2,1-2H3,(H,16,17,18). The number of rotatable bonds is 4. The molecule has 4 nitrogen and oxygen atoms in total. The molecule has 1 aliphatic heterocycles. The Bertz CT molecular complexity index is 476. The third-order valence-corrected chi connectivity index (χ3v) is 4.48. The van der Waals surface area contributed by atoms with E-state index in [0.717, 1.165) is 36.8 Å². The van der Waals surface area contributed by atoms with Gasteiger partial charge in [0, 0.05) is 30.6 Å². The summed E-state index contributed by atoms with van der Waals surface area (Å²) in [7, 11) is 0. The van der Waals surface area contributed by atoms with Crippen LogP contribution in [0.3, 0.4) is 0 Å². The smallest absolute Gasteiger partial charge is 0.137 e. The number of hydrogen-bond donors (Lipinski definition) is 1. The first-order chi connectivity index (χ1) is 9.15. The summed E-state index contributed by atoms with van der Waals surface area (Å²) < 4.78 is 5.58. The average Bonchev–Trinajstić information content (AvgIpc) is 3.15. The van der Waals surface area contributed by atoms with Crippen LogP contribution in [0, 0.1) is 12.8 Å². The number of anilines is 1. The van der Waals surface area contributed by atoms with Gasteiger partial charge in [-0.1, -0.05) is 11.6 Å². The summed E-state index contributed by atoms with van der Waals surface area (Å²) in [6.07, 6.45) is 3.81. The van der Waals surface area contributed by atoms with Gasteiger partial charge < -0.3 is 10.1 Å². The lowest BCUT2D eigenvalue weighted by Gasteiger charge is -2.17. The second kappa shape index (κ2) is 5.25. The van der Waals surface area contributed by atoms with Crippen LogP contribution in [0.15, 0.2) is 0 Å². The van der Waals surface area contributed by atoms with Gasteiger partial charge in [-0.2, -0.15) is 0 Å². The monoisotopic (exact) mass is 281 g/mol. The minimum atomic E-state index is 0.327. The molecule has 19 heavy (non-hydrogen) atoms. The quantitative estimate of drug-likeness (QED) is 0.861. The molecule has 2 heterocycles. The second-order valence-electron chi connectivity index (χ2n) is 5.63. The molecular formula is C14H20ClN3O. The van der Waals surface area contributed by atoms with E-state index in [2.05, 4.69) is 22.2 Å². The molecule has 5 heteroatoms. The van der Waals surface area contributed by atoms with Crippen molar-refractivity contribution in [3.63, 3.8) is 0 Å². The molecule has 2 fully saturated rings. The summed E-state index contributed by atoms with van der Waals surface area (Å²) in [6, 6.07) is 0. The molecule has 1 aromatic heterocycles. The Labute approximate surface area is 118 Å². The normalized spacial score (nSPS) is 26.7. The predicted molar refractivity (Wildman–Crippen MR) is 75.8 cm³/mol. The van der Waals surface area contributed by atoms with E-state index < -0.39 is 0 Å². The molecule has 0 radical (unpaired) electrons.